The van der Waals surface area contributed by atoms with Gasteiger partial charge in [0.05, 0.1) is 17.9 Å². The maximum absolute atomic E-state index is 12.7. The number of hydrogen-bond donors (Lipinski definition) is 1. The largest absolute Gasteiger partial charge is 0.486 e. The molecule has 0 atom stereocenters. The number of rotatable bonds is 7. The Morgan fingerprint density at radius 2 is 1.94 bits per heavy atom. The zero-order valence-electron chi connectivity index (χ0n) is 19.3. The topological polar surface area (TPSA) is 113 Å². The molecule has 35 heavy (non-hydrogen) atoms. The van der Waals surface area contributed by atoms with Crippen LogP contribution in [0.15, 0.2) is 27.8 Å². The summed E-state index contributed by atoms with van der Waals surface area (Å²) in [4.78, 5) is 26.6. The average molecular weight is 516 g/mol. The summed E-state index contributed by atoms with van der Waals surface area (Å²) in [6.45, 7) is 3.07. The number of amides is 1. The third-order valence-corrected chi connectivity index (χ3v) is 7.70. The number of hydrogen-bond acceptors (Lipinski definition) is 10. The van der Waals surface area contributed by atoms with Crippen molar-refractivity contribution < 1.29 is 28.2 Å². The standard InChI is InChI=1S/C24H25N3O6S2/c1-2-30-23(29)20-15-6-4-3-5-7-18(15)35-22(20)25-19(28)13-34-24-27-26-21(33-24)14-8-9-16-17(12-14)32-11-10-31-16/h8-9,12H,2-7,10-11,13H2,1H3,(H,25,28). The summed E-state index contributed by atoms with van der Waals surface area (Å²) in [6, 6.07) is 5.42. The smallest absolute Gasteiger partial charge is 0.341 e. The summed E-state index contributed by atoms with van der Waals surface area (Å²) < 4.78 is 22.1. The number of aromatic nitrogens is 2. The molecule has 1 aliphatic carbocycles. The van der Waals surface area contributed by atoms with Gasteiger partial charge in [0.15, 0.2) is 11.5 Å². The van der Waals surface area contributed by atoms with Gasteiger partial charge in [-0.3, -0.25) is 4.79 Å². The molecule has 0 spiro atoms. The zero-order valence-corrected chi connectivity index (χ0v) is 20.9. The van der Waals surface area contributed by atoms with Crippen molar-refractivity contribution in [3.8, 4) is 23.0 Å². The van der Waals surface area contributed by atoms with Gasteiger partial charge in [-0.25, -0.2) is 4.79 Å². The second-order valence-corrected chi connectivity index (χ2v) is 10.1. The van der Waals surface area contributed by atoms with Crippen molar-refractivity contribution in [1.29, 1.82) is 0 Å². The van der Waals surface area contributed by atoms with Crippen molar-refractivity contribution in [3.05, 3.63) is 34.2 Å². The van der Waals surface area contributed by atoms with Gasteiger partial charge in [0.2, 0.25) is 11.8 Å². The van der Waals surface area contributed by atoms with E-state index >= 15 is 0 Å². The number of benzene rings is 1. The third-order valence-electron chi connectivity index (χ3n) is 5.68. The zero-order chi connectivity index (χ0) is 24.2. The monoisotopic (exact) mass is 515 g/mol. The molecule has 11 heteroatoms. The van der Waals surface area contributed by atoms with Gasteiger partial charge >= 0.3 is 5.97 Å². The molecule has 1 N–H and O–H groups in total. The first kappa shape index (κ1) is 23.7. The van der Waals surface area contributed by atoms with E-state index in [-0.39, 0.29) is 29.5 Å². The number of esters is 1. The molecule has 184 valence electrons. The Morgan fingerprint density at radius 1 is 1.11 bits per heavy atom. The number of nitrogens with zero attached hydrogens (tertiary/aromatic N) is 2. The Kier molecular flexibility index (Phi) is 7.24. The molecule has 2 aliphatic rings. The Labute approximate surface area is 210 Å². The molecule has 0 saturated carbocycles. The molecule has 0 saturated heterocycles. The molecule has 1 aliphatic heterocycles. The van der Waals surface area contributed by atoms with Gasteiger partial charge in [-0.1, -0.05) is 18.2 Å². The van der Waals surface area contributed by atoms with Crippen molar-refractivity contribution in [2.45, 2.75) is 44.3 Å². The summed E-state index contributed by atoms with van der Waals surface area (Å²) in [6.07, 6.45) is 5.00. The highest BCUT2D eigenvalue weighted by molar-refractivity contribution is 7.99. The van der Waals surface area contributed by atoms with Crippen molar-refractivity contribution in [3.63, 3.8) is 0 Å². The van der Waals surface area contributed by atoms with Crippen LogP contribution in [-0.4, -0.2) is 47.6 Å². The average Bonchev–Trinajstić information content (AvgIpc) is 3.40. The van der Waals surface area contributed by atoms with Crippen LogP contribution < -0.4 is 14.8 Å². The Hall–Kier alpha value is -3.05. The van der Waals surface area contributed by atoms with Crippen LogP contribution in [0.4, 0.5) is 5.00 Å². The summed E-state index contributed by atoms with van der Waals surface area (Å²) in [5, 5.41) is 11.9. The van der Waals surface area contributed by atoms with E-state index in [0.717, 1.165) is 54.3 Å². The highest BCUT2D eigenvalue weighted by atomic mass is 32.2. The molecule has 1 amide bonds. The minimum absolute atomic E-state index is 0.0631. The van der Waals surface area contributed by atoms with Crippen molar-refractivity contribution in [2.24, 2.45) is 0 Å². The van der Waals surface area contributed by atoms with E-state index in [1.165, 1.54) is 11.3 Å². The molecule has 0 unspecified atom stereocenters. The molecular formula is C24H25N3O6S2. The van der Waals surface area contributed by atoms with Gasteiger partial charge in [0, 0.05) is 10.4 Å². The van der Waals surface area contributed by atoms with Gasteiger partial charge < -0.3 is 23.9 Å². The fraction of sp³-hybridized carbons (Fsp3) is 0.417. The van der Waals surface area contributed by atoms with Crippen LogP contribution in [0.2, 0.25) is 0 Å². The Morgan fingerprint density at radius 3 is 2.80 bits per heavy atom. The number of thiophene rings is 1. The van der Waals surface area contributed by atoms with Gasteiger partial charge in [-0.05, 0) is 56.4 Å². The molecular weight excluding hydrogens is 490 g/mol. The molecule has 0 radical (unpaired) electrons. The fourth-order valence-electron chi connectivity index (χ4n) is 4.10. The molecule has 5 rings (SSSR count). The predicted molar refractivity (Wildman–Crippen MR) is 132 cm³/mol. The normalized spacial score (nSPS) is 14.7. The summed E-state index contributed by atoms with van der Waals surface area (Å²) >= 11 is 2.61. The summed E-state index contributed by atoms with van der Waals surface area (Å²) in [7, 11) is 0. The molecule has 3 aromatic rings. The first-order valence-corrected chi connectivity index (χ1v) is 13.4. The van der Waals surface area contributed by atoms with Crippen LogP contribution in [0, 0.1) is 0 Å². The summed E-state index contributed by atoms with van der Waals surface area (Å²) in [5.41, 5.74) is 2.23. The lowest BCUT2D eigenvalue weighted by atomic mass is 10.1. The molecule has 1 aromatic carbocycles. The molecule has 2 aromatic heterocycles. The first-order valence-electron chi connectivity index (χ1n) is 11.6. The van der Waals surface area contributed by atoms with Gasteiger partial charge in [0.1, 0.15) is 18.2 Å². The second kappa shape index (κ2) is 10.7. The fourth-order valence-corrected chi connectivity index (χ4v) is 5.96. The quantitative estimate of drug-likeness (QED) is 0.271. The van der Waals surface area contributed by atoms with Gasteiger partial charge in [-0.2, -0.15) is 0 Å². The minimum Gasteiger partial charge on any atom is -0.486 e. The van der Waals surface area contributed by atoms with Crippen LogP contribution in [0.1, 0.15) is 47.0 Å². The number of ether oxygens (including phenoxy) is 3. The SMILES string of the molecule is CCOC(=O)c1c(NC(=O)CSc2nnc(-c3ccc4c(c3)OCCO4)o2)sc2c1CCCCC2. The van der Waals surface area contributed by atoms with E-state index in [9.17, 15) is 9.59 Å². The maximum atomic E-state index is 12.7. The van der Waals surface area contributed by atoms with E-state index in [0.29, 0.717) is 46.7 Å². The van der Waals surface area contributed by atoms with Crippen molar-refractivity contribution in [2.75, 3.05) is 30.9 Å². The lowest BCUT2D eigenvalue weighted by molar-refractivity contribution is -0.113. The Balaban J connectivity index is 1.25. The van der Waals surface area contributed by atoms with Gasteiger partial charge in [-0.15, -0.1) is 21.5 Å². The number of aryl methyl sites for hydroxylation is 1. The van der Waals surface area contributed by atoms with E-state index in [1.807, 2.05) is 6.07 Å². The third kappa shape index (κ3) is 5.30. The van der Waals surface area contributed by atoms with E-state index in [4.69, 9.17) is 18.6 Å². The van der Waals surface area contributed by atoms with Crippen LogP contribution in [0.3, 0.4) is 0 Å². The number of fused-ring (bicyclic) bond motifs is 2. The van der Waals surface area contributed by atoms with E-state index in [2.05, 4.69) is 15.5 Å². The second-order valence-electron chi connectivity index (χ2n) is 8.06. The van der Waals surface area contributed by atoms with E-state index < -0.39 is 0 Å². The highest BCUT2D eigenvalue weighted by Crippen LogP contribution is 2.38. The van der Waals surface area contributed by atoms with Crippen LogP contribution in [0.5, 0.6) is 11.5 Å². The molecule has 3 heterocycles. The molecule has 0 bridgehead atoms. The number of anilines is 1. The molecule has 9 nitrogen and oxygen atoms in total. The number of carbonyl (C=O) groups excluding carboxylic acids is 2. The van der Waals surface area contributed by atoms with Crippen LogP contribution >= 0.6 is 23.1 Å². The summed E-state index contributed by atoms with van der Waals surface area (Å²) in [5.74, 6) is 1.07. The first-order chi connectivity index (χ1) is 17.1. The number of thioether (sulfide) groups is 1. The van der Waals surface area contributed by atoms with Crippen LogP contribution in [-0.2, 0) is 22.4 Å². The minimum atomic E-state index is -0.379. The highest BCUT2D eigenvalue weighted by Gasteiger charge is 2.27. The number of carbonyl (C=O) groups is 2. The lowest BCUT2D eigenvalue weighted by Crippen LogP contribution is -2.16. The van der Waals surface area contributed by atoms with Crippen LogP contribution in [0.25, 0.3) is 11.5 Å². The lowest BCUT2D eigenvalue weighted by Gasteiger charge is -2.18. The van der Waals surface area contributed by atoms with E-state index in [1.54, 1.807) is 19.1 Å². The Bertz CT molecular complexity index is 1240. The van der Waals surface area contributed by atoms with Crippen molar-refractivity contribution in [1.82, 2.24) is 10.2 Å². The number of nitrogens with one attached hydrogen (secondary N) is 1. The molecule has 0 fully saturated rings. The predicted octanol–water partition coefficient (Wildman–Crippen LogP) is 4.75. The van der Waals surface area contributed by atoms with Crippen molar-refractivity contribution >= 4 is 40.0 Å². The maximum Gasteiger partial charge on any atom is 0.341 e. The van der Waals surface area contributed by atoms with Gasteiger partial charge in [0.25, 0.3) is 5.22 Å².